The lowest BCUT2D eigenvalue weighted by Gasteiger charge is -2.38. The van der Waals surface area contributed by atoms with Crippen molar-refractivity contribution in [3.05, 3.63) is 65.7 Å². The first-order valence-corrected chi connectivity index (χ1v) is 15.1. The highest BCUT2D eigenvalue weighted by molar-refractivity contribution is 7.90. The Morgan fingerprint density at radius 3 is 2.16 bits per heavy atom. The van der Waals surface area contributed by atoms with Gasteiger partial charge in [-0.1, -0.05) is 42.5 Å². The summed E-state index contributed by atoms with van der Waals surface area (Å²) in [6.07, 6.45) is 4.49. The Morgan fingerprint density at radius 2 is 1.58 bits per heavy atom. The molecule has 0 aromatic heterocycles. The number of benzene rings is 2. The molecule has 2 fully saturated rings. The highest BCUT2D eigenvalue weighted by atomic mass is 35.5. The topological polar surface area (TPSA) is 86.8 Å². The van der Waals surface area contributed by atoms with Crippen molar-refractivity contribution in [3.63, 3.8) is 0 Å². The maximum absolute atomic E-state index is 13.4. The third-order valence-electron chi connectivity index (χ3n) is 7.82. The molecule has 2 heterocycles. The quantitative estimate of drug-likeness (QED) is 0.499. The molecule has 2 aromatic rings. The lowest BCUT2D eigenvalue weighted by Crippen LogP contribution is -2.45. The van der Waals surface area contributed by atoms with Crippen LogP contribution in [0, 0.1) is 5.41 Å². The van der Waals surface area contributed by atoms with Crippen LogP contribution in [0.25, 0.3) is 0 Å². The van der Waals surface area contributed by atoms with Gasteiger partial charge in [-0.3, -0.25) is 9.59 Å². The van der Waals surface area contributed by atoms with E-state index >= 15 is 0 Å². The molecule has 0 radical (unpaired) electrons. The van der Waals surface area contributed by atoms with E-state index in [9.17, 15) is 18.0 Å². The van der Waals surface area contributed by atoms with Gasteiger partial charge in [-0.2, -0.15) is 0 Å². The molecule has 2 saturated heterocycles. The molecule has 0 bridgehead atoms. The molecule has 2 amide bonds. The minimum atomic E-state index is -3.23. The van der Waals surface area contributed by atoms with Crippen LogP contribution in [0.3, 0.4) is 0 Å². The van der Waals surface area contributed by atoms with Crippen LogP contribution < -0.4 is 5.32 Å². The second-order valence-corrected chi connectivity index (χ2v) is 12.9. The van der Waals surface area contributed by atoms with E-state index in [1.54, 1.807) is 24.3 Å². The van der Waals surface area contributed by atoms with E-state index in [4.69, 9.17) is 0 Å². The lowest BCUT2D eigenvalue weighted by atomic mass is 9.77. The van der Waals surface area contributed by atoms with Crippen molar-refractivity contribution < 1.29 is 18.0 Å². The van der Waals surface area contributed by atoms with Gasteiger partial charge in [0.1, 0.15) is 0 Å². The number of carbonyl (C=O) groups excluding carboxylic acids is 2. The van der Waals surface area contributed by atoms with Gasteiger partial charge in [0.05, 0.1) is 16.2 Å². The maximum atomic E-state index is 13.4. The van der Waals surface area contributed by atoms with E-state index in [2.05, 4.69) is 10.2 Å². The summed E-state index contributed by atoms with van der Waals surface area (Å²) in [5.41, 5.74) is 1.69. The van der Waals surface area contributed by atoms with Gasteiger partial charge in [0.25, 0.3) is 0 Å². The summed E-state index contributed by atoms with van der Waals surface area (Å²) in [7, 11) is -3.23. The smallest absolute Gasteiger partial charge is 0.229 e. The summed E-state index contributed by atoms with van der Waals surface area (Å²) in [5, 5.41) is 3.07. The standard InChI is InChI=1S/C29H39N3O4S.ClH/c1-22(2)30-27(33)26(24-7-5-4-6-8-24)13-17-31-18-14-29(15-19-31)16-20-32(28(29)34)21-23-9-11-25(12-10-23)37(3,35)36;/h4-12,22,26H,13-21H2,1-3H3,(H,30,33);1H. The Hall–Kier alpha value is -2.42. The minimum absolute atomic E-state index is 0. The number of amides is 2. The SMILES string of the molecule is CC(C)NC(=O)C(CCN1CCC2(CC1)CCN(Cc1ccc(S(C)(=O)=O)cc1)C2=O)c1ccccc1.Cl. The van der Waals surface area contributed by atoms with E-state index < -0.39 is 9.84 Å². The predicted molar refractivity (Wildman–Crippen MR) is 152 cm³/mol. The number of halogens is 1. The number of hydrogen-bond donors (Lipinski definition) is 1. The molecule has 208 valence electrons. The lowest BCUT2D eigenvalue weighted by molar-refractivity contribution is -0.138. The average molecular weight is 562 g/mol. The number of likely N-dealkylation sites (tertiary alicyclic amines) is 2. The first-order chi connectivity index (χ1) is 17.6. The number of hydrogen-bond acceptors (Lipinski definition) is 5. The number of nitrogens with zero attached hydrogens (tertiary/aromatic N) is 2. The fraction of sp³-hybridized carbons (Fsp3) is 0.517. The molecule has 2 aliphatic heterocycles. The van der Waals surface area contributed by atoms with Crippen molar-refractivity contribution in [2.75, 3.05) is 32.4 Å². The number of sulfone groups is 1. The van der Waals surface area contributed by atoms with Crippen LogP contribution >= 0.6 is 12.4 Å². The highest BCUT2D eigenvalue weighted by Gasteiger charge is 2.47. The van der Waals surface area contributed by atoms with Crippen LogP contribution in [0.15, 0.2) is 59.5 Å². The average Bonchev–Trinajstić information content (AvgIpc) is 3.15. The summed E-state index contributed by atoms with van der Waals surface area (Å²) in [6.45, 7) is 7.75. The molecule has 1 N–H and O–H groups in total. The Morgan fingerprint density at radius 1 is 0.974 bits per heavy atom. The van der Waals surface area contributed by atoms with E-state index in [0.717, 1.165) is 63.0 Å². The van der Waals surface area contributed by atoms with Gasteiger partial charge in [0.15, 0.2) is 9.84 Å². The van der Waals surface area contributed by atoms with E-state index in [-0.39, 0.29) is 41.6 Å². The van der Waals surface area contributed by atoms with E-state index in [1.165, 1.54) is 6.26 Å². The zero-order valence-corrected chi connectivity index (χ0v) is 24.2. The molecular formula is C29H40ClN3O4S. The Kier molecular flexibility index (Phi) is 10.0. The molecular weight excluding hydrogens is 522 g/mol. The molecule has 0 saturated carbocycles. The molecule has 2 aromatic carbocycles. The van der Waals surface area contributed by atoms with Gasteiger partial charge >= 0.3 is 0 Å². The number of nitrogens with one attached hydrogen (secondary N) is 1. The van der Waals surface area contributed by atoms with Crippen LogP contribution in [-0.4, -0.2) is 68.5 Å². The van der Waals surface area contributed by atoms with Gasteiger partial charge in [-0.15, -0.1) is 12.4 Å². The van der Waals surface area contributed by atoms with Gasteiger partial charge < -0.3 is 15.1 Å². The normalized spacial score (nSPS) is 18.4. The Balaban J connectivity index is 0.00000400. The monoisotopic (exact) mass is 561 g/mol. The van der Waals surface area contributed by atoms with Crippen LogP contribution in [-0.2, 0) is 26.0 Å². The van der Waals surface area contributed by atoms with Crippen molar-refractivity contribution in [2.45, 2.75) is 62.9 Å². The second kappa shape index (κ2) is 12.6. The summed E-state index contributed by atoms with van der Waals surface area (Å²) in [6, 6.07) is 16.9. The van der Waals surface area contributed by atoms with Crippen molar-refractivity contribution in [1.29, 1.82) is 0 Å². The zero-order chi connectivity index (χ0) is 26.6. The molecule has 4 rings (SSSR count). The van der Waals surface area contributed by atoms with Gasteiger partial charge in [-0.25, -0.2) is 8.42 Å². The molecule has 0 aliphatic carbocycles. The zero-order valence-electron chi connectivity index (χ0n) is 22.6. The van der Waals surface area contributed by atoms with Crippen LogP contribution in [0.5, 0.6) is 0 Å². The predicted octanol–water partition coefficient (Wildman–Crippen LogP) is 4.02. The van der Waals surface area contributed by atoms with Crippen LogP contribution in [0.1, 0.15) is 56.6 Å². The van der Waals surface area contributed by atoms with Crippen molar-refractivity contribution in [3.8, 4) is 0 Å². The maximum Gasteiger partial charge on any atom is 0.229 e. The molecule has 9 heteroatoms. The molecule has 7 nitrogen and oxygen atoms in total. The molecule has 1 atom stereocenters. The molecule has 1 spiro atoms. The van der Waals surface area contributed by atoms with Gasteiger partial charge in [-0.05, 0) is 82.4 Å². The summed E-state index contributed by atoms with van der Waals surface area (Å²) >= 11 is 0. The first-order valence-electron chi connectivity index (χ1n) is 13.2. The third-order valence-corrected chi connectivity index (χ3v) is 8.95. The first kappa shape index (κ1) is 30.1. The summed E-state index contributed by atoms with van der Waals surface area (Å²) < 4.78 is 23.4. The number of piperidine rings is 1. The van der Waals surface area contributed by atoms with E-state index in [1.807, 2.05) is 49.1 Å². The number of carbonyl (C=O) groups is 2. The second-order valence-electron chi connectivity index (χ2n) is 10.9. The van der Waals surface area contributed by atoms with Crippen molar-refractivity contribution in [2.24, 2.45) is 5.41 Å². The van der Waals surface area contributed by atoms with Crippen LogP contribution in [0.4, 0.5) is 0 Å². The third kappa shape index (κ3) is 7.16. The van der Waals surface area contributed by atoms with Gasteiger partial charge in [0.2, 0.25) is 11.8 Å². The largest absolute Gasteiger partial charge is 0.353 e. The Labute approximate surface area is 233 Å². The van der Waals surface area contributed by atoms with Crippen LogP contribution in [0.2, 0.25) is 0 Å². The Bertz CT molecular complexity index is 1190. The number of rotatable bonds is 9. The van der Waals surface area contributed by atoms with Crippen molar-refractivity contribution in [1.82, 2.24) is 15.1 Å². The fourth-order valence-corrected chi connectivity index (χ4v) is 6.24. The summed E-state index contributed by atoms with van der Waals surface area (Å²) in [4.78, 5) is 31.0. The fourth-order valence-electron chi connectivity index (χ4n) is 5.61. The van der Waals surface area contributed by atoms with Gasteiger partial charge in [0, 0.05) is 25.4 Å². The highest BCUT2D eigenvalue weighted by Crippen LogP contribution is 2.42. The molecule has 38 heavy (non-hydrogen) atoms. The summed E-state index contributed by atoms with van der Waals surface area (Å²) in [5.74, 6) is 0.107. The minimum Gasteiger partial charge on any atom is -0.353 e. The molecule has 2 aliphatic rings. The molecule has 1 unspecified atom stereocenters. The van der Waals surface area contributed by atoms with E-state index in [0.29, 0.717) is 11.4 Å². The van der Waals surface area contributed by atoms with Crippen molar-refractivity contribution >= 4 is 34.1 Å².